The van der Waals surface area contributed by atoms with Gasteiger partial charge in [0.15, 0.2) is 0 Å². The Hall–Kier alpha value is -0.900. The number of aryl methyl sites for hydroxylation is 1. The molecule has 1 saturated heterocycles. The molecule has 1 fully saturated rings. The summed E-state index contributed by atoms with van der Waals surface area (Å²) in [7, 11) is 0. The first-order valence-electron chi connectivity index (χ1n) is 8.13. The lowest BCUT2D eigenvalue weighted by molar-refractivity contribution is 0.0878. The third-order valence-electron chi connectivity index (χ3n) is 4.86. The molecule has 0 bridgehead atoms. The zero-order chi connectivity index (χ0) is 13.8. The van der Waals surface area contributed by atoms with Gasteiger partial charge in [0.2, 0.25) is 0 Å². The van der Waals surface area contributed by atoms with Gasteiger partial charge in [-0.25, -0.2) is 0 Å². The van der Waals surface area contributed by atoms with Crippen LogP contribution in [0, 0.1) is 0 Å². The van der Waals surface area contributed by atoms with E-state index in [-0.39, 0.29) is 0 Å². The van der Waals surface area contributed by atoms with Gasteiger partial charge in [0.25, 0.3) is 0 Å². The largest absolute Gasteiger partial charge is 0.330 e. The summed E-state index contributed by atoms with van der Waals surface area (Å²) in [6.45, 7) is 6.83. The molecule has 1 unspecified atom stereocenters. The Labute approximate surface area is 122 Å². The Morgan fingerprint density at radius 3 is 2.70 bits per heavy atom. The first-order chi connectivity index (χ1) is 9.88. The van der Waals surface area contributed by atoms with Crippen LogP contribution in [0.3, 0.4) is 0 Å². The molecule has 0 amide bonds. The molecule has 0 aromatic heterocycles. The van der Waals surface area contributed by atoms with Crippen molar-refractivity contribution in [2.75, 3.05) is 39.3 Å². The fourth-order valence-electron chi connectivity index (χ4n) is 3.72. The molecule has 3 nitrogen and oxygen atoms in total. The second-order valence-electron chi connectivity index (χ2n) is 6.13. The van der Waals surface area contributed by atoms with Crippen LogP contribution < -0.4 is 5.73 Å². The highest BCUT2D eigenvalue weighted by atomic mass is 15.3. The van der Waals surface area contributed by atoms with Crippen LogP contribution in [-0.4, -0.2) is 49.1 Å². The number of hydrogen-bond acceptors (Lipinski definition) is 3. The summed E-state index contributed by atoms with van der Waals surface area (Å²) in [6.07, 6.45) is 5.07. The molecule has 2 aliphatic rings. The summed E-state index contributed by atoms with van der Waals surface area (Å²) in [5.74, 6) is 0. The van der Waals surface area contributed by atoms with Gasteiger partial charge in [0, 0.05) is 32.2 Å². The number of fused-ring (bicyclic) bond motifs is 1. The van der Waals surface area contributed by atoms with Crippen LogP contribution in [0.25, 0.3) is 0 Å². The molecule has 20 heavy (non-hydrogen) atoms. The summed E-state index contributed by atoms with van der Waals surface area (Å²) >= 11 is 0. The van der Waals surface area contributed by atoms with Gasteiger partial charge in [0.05, 0.1) is 0 Å². The normalized spacial score (nSPS) is 24.6. The summed E-state index contributed by atoms with van der Waals surface area (Å²) < 4.78 is 0. The van der Waals surface area contributed by atoms with E-state index < -0.39 is 0 Å². The van der Waals surface area contributed by atoms with Crippen LogP contribution >= 0.6 is 0 Å². The lowest BCUT2D eigenvalue weighted by atomic mass is 9.86. The van der Waals surface area contributed by atoms with Crippen molar-refractivity contribution < 1.29 is 0 Å². The molecular weight excluding hydrogens is 246 g/mol. The monoisotopic (exact) mass is 273 g/mol. The Morgan fingerprint density at radius 2 is 1.90 bits per heavy atom. The summed E-state index contributed by atoms with van der Waals surface area (Å²) in [6, 6.07) is 9.72. The van der Waals surface area contributed by atoms with Crippen molar-refractivity contribution in [3.8, 4) is 0 Å². The van der Waals surface area contributed by atoms with Crippen LogP contribution in [0.2, 0.25) is 0 Å². The average Bonchev–Trinajstić information content (AvgIpc) is 2.53. The number of piperazine rings is 1. The van der Waals surface area contributed by atoms with Gasteiger partial charge in [0.1, 0.15) is 0 Å². The van der Waals surface area contributed by atoms with Gasteiger partial charge in [-0.2, -0.15) is 0 Å². The maximum Gasteiger partial charge on any atom is 0.0352 e. The van der Waals surface area contributed by atoms with Crippen LogP contribution in [-0.2, 0) is 6.42 Å². The second kappa shape index (κ2) is 6.70. The zero-order valence-corrected chi connectivity index (χ0v) is 12.4. The van der Waals surface area contributed by atoms with Crippen molar-refractivity contribution in [1.82, 2.24) is 9.80 Å². The van der Waals surface area contributed by atoms with Crippen molar-refractivity contribution in [2.45, 2.75) is 31.7 Å². The standard InChI is InChI=1S/C17H27N3/c18-9-4-10-19-11-13-20(14-12-19)17-8-3-6-15-5-1-2-7-16(15)17/h1-2,5,7,17H,3-4,6,8-14,18H2. The molecule has 3 rings (SSSR count). The lowest BCUT2D eigenvalue weighted by Crippen LogP contribution is -2.48. The number of hydrogen-bond donors (Lipinski definition) is 1. The number of rotatable bonds is 4. The topological polar surface area (TPSA) is 32.5 Å². The predicted molar refractivity (Wildman–Crippen MR) is 83.8 cm³/mol. The van der Waals surface area contributed by atoms with E-state index in [9.17, 15) is 0 Å². The summed E-state index contributed by atoms with van der Waals surface area (Å²) in [4.78, 5) is 5.27. The van der Waals surface area contributed by atoms with E-state index in [0.29, 0.717) is 6.04 Å². The predicted octanol–water partition coefficient (Wildman–Crippen LogP) is 2.03. The molecule has 1 aliphatic heterocycles. The van der Waals surface area contributed by atoms with E-state index in [0.717, 1.165) is 13.0 Å². The Morgan fingerprint density at radius 1 is 1.10 bits per heavy atom. The van der Waals surface area contributed by atoms with Crippen molar-refractivity contribution in [3.63, 3.8) is 0 Å². The lowest BCUT2D eigenvalue weighted by Gasteiger charge is -2.41. The molecular formula is C17H27N3. The van der Waals surface area contributed by atoms with Crippen molar-refractivity contribution in [3.05, 3.63) is 35.4 Å². The van der Waals surface area contributed by atoms with E-state index >= 15 is 0 Å². The van der Waals surface area contributed by atoms with E-state index in [1.54, 1.807) is 11.1 Å². The summed E-state index contributed by atoms with van der Waals surface area (Å²) in [5.41, 5.74) is 8.78. The zero-order valence-electron chi connectivity index (χ0n) is 12.4. The Balaban J connectivity index is 1.62. The van der Waals surface area contributed by atoms with Crippen LogP contribution in [0.1, 0.15) is 36.4 Å². The maximum absolute atomic E-state index is 5.61. The molecule has 1 aromatic carbocycles. The minimum Gasteiger partial charge on any atom is -0.330 e. The quantitative estimate of drug-likeness (QED) is 0.911. The van der Waals surface area contributed by atoms with Crippen LogP contribution in [0.4, 0.5) is 0 Å². The molecule has 1 heterocycles. The molecule has 1 atom stereocenters. The molecule has 3 heteroatoms. The molecule has 0 radical (unpaired) electrons. The second-order valence-corrected chi connectivity index (χ2v) is 6.13. The minimum absolute atomic E-state index is 0.664. The number of nitrogens with zero attached hydrogens (tertiary/aromatic N) is 2. The van der Waals surface area contributed by atoms with Crippen molar-refractivity contribution >= 4 is 0 Å². The fourth-order valence-corrected chi connectivity index (χ4v) is 3.72. The highest BCUT2D eigenvalue weighted by molar-refractivity contribution is 5.32. The number of benzene rings is 1. The first-order valence-corrected chi connectivity index (χ1v) is 8.13. The van der Waals surface area contributed by atoms with Gasteiger partial charge in [-0.1, -0.05) is 24.3 Å². The third kappa shape index (κ3) is 3.05. The van der Waals surface area contributed by atoms with Gasteiger partial charge in [-0.05, 0) is 49.9 Å². The molecule has 110 valence electrons. The molecule has 0 saturated carbocycles. The molecule has 1 aliphatic carbocycles. The van der Waals surface area contributed by atoms with Gasteiger partial charge >= 0.3 is 0 Å². The SMILES string of the molecule is NCCCN1CCN(C2CCCc3ccccc32)CC1. The minimum atomic E-state index is 0.664. The Kier molecular flexibility index (Phi) is 4.71. The number of nitrogens with two attached hydrogens (primary N) is 1. The first kappa shape index (κ1) is 14.1. The van der Waals surface area contributed by atoms with Gasteiger partial charge < -0.3 is 10.6 Å². The van der Waals surface area contributed by atoms with Crippen molar-refractivity contribution in [1.29, 1.82) is 0 Å². The van der Waals surface area contributed by atoms with E-state index in [1.807, 2.05) is 0 Å². The van der Waals surface area contributed by atoms with E-state index in [4.69, 9.17) is 5.73 Å². The fraction of sp³-hybridized carbons (Fsp3) is 0.647. The maximum atomic E-state index is 5.61. The third-order valence-corrected chi connectivity index (χ3v) is 4.86. The smallest absolute Gasteiger partial charge is 0.0352 e. The van der Waals surface area contributed by atoms with Crippen LogP contribution in [0.5, 0.6) is 0 Å². The highest BCUT2D eigenvalue weighted by Gasteiger charge is 2.28. The van der Waals surface area contributed by atoms with Crippen molar-refractivity contribution in [2.24, 2.45) is 5.73 Å². The highest BCUT2D eigenvalue weighted by Crippen LogP contribution is 2.34. The van der Waals surface area contributed by atoms with E-state index in [2.05, 4.69) is 34.1 Å². The van der Waals surface area contributed by atoms with Gasteiger partial charge in [-0.15, -0.1) is 0 Å². The van der Waals surface area contributed by atoms with E-state index in [1.165, 1.54) is 52.0 Å². The van der Waals surface area contributed by atoms with Gasteiger partial charge in [-0.3, -0.25) is 4.90 Å². The molecule has 2 N–H and O–H groups in total. The molecule has 0 spiro atoms. The average molecular weight is 273 g/mol. The molecule has 1 aromatic rings. The summed E-state index contributed by atoms with van der Waals surface area (Å²) in [5, 5.41) is 0. The van der Waals surface area contributed by atoms with Crippen LogP contribution in [0.15, 0.2) is 24.3 Å². The Bertz CT molecular complexity index is 424.